The third-order valence-corrected chi connectivity index (χ3v) is 3.05. The number of methoxy groups -OCH3 is 1. The Morgan fingerprint density at radius 2 is 1.81 bits per heavy atom. The Morgan fingerprint density at radius 1 is 1.10 bits per heavy atom. The minimum atomic E-state index is 0.0119. The molecule has 3 heteroatoms. The Hall–Kier alpha value is -2.55. The number of amides is 1. The molecular formula is C18H19NO2. The summed E-state index contributed by atoms with van der Waals surface area (Å²) < 4.78 is 5.09. The van der Waals surface area contributed by atoms with Gasteiger partial charge in [0.2, 0.25) is 5.91 Å². The number of rotatable bonds is 6. The lowest BCUT2D eigenvalue weighted by Gasteiger charge is -2.04. The number of nitrogens with one attached hydrogen (secondary N) is 1. The van der Waals surface area contributed by atoms with E-state index in [-0.39, 0.29) is 5.91 Å². The molecule has 0 fully saturated rings. The second-order valence-corrected chi connectivity index (χ2v) is 4.64. The molecule has 2 aromatic rings. The van der Waals surface area contributed by atoms with Crippen LogP contribution in [0.3, 0.4) is 0 Å². The van der Waals surface area contributed by atoms with Crippen molar-refractivity contribution in [1.29, 1.82) is 0 Å². The van der Waals surface area contributed by atoms with E-state index in [1.165, 1.54) is 0 Å². The van der Waals surface area contributed by atoms with Crippen molar-refractivity contribution in [2.45, 2.75) is 6.42 Å². The van der Waals surface area contributed by atoms with Gasteiger partial charge < -0.3 is 10.1 Å². The molecule has 0 aliphatic rings. The normalized spacial score (nSPS) is 10.5. The Kier molecular flexibility index (Phi) is 5.59. The maximum Gasteiger partial charge on any atom is 0.224 e. The van der Waals surface area contributed by atoms with Gasteiger partial charge in [-0.15, -0.1) is 0 Å². The predicted molar refractivity (Wildman–Crippen MR) is 85.2 cm³/mol. The van der Waals surface area contributed by atoms with E-state index < -0.39 is 0 Å². The molecule has 2 aromatic carbocycles. The first-order chi connectivity index (χ1) is 10.3. The molecule has 0 saturated carbocycles. The van der Waals surface area contributed by atoms with Crippen LogP contribution in [-0.2, 0) is 11.2 Å². The van der Waals surface area contributed by atoms with Gasteiger partial charge in [0.25, 0.3) is 0 Å². The number of hydrogen-bond acceptors (Lipinski definition) is 2. The van der Waals surface area contributed by atoms with Crippen molar-refractivity contribution in [2.75, 3.05) is 13.7 Å². The largest absolute Gasteiger partial charge is 0.497 e. The molecule has 1 N–H and O–H groups in total. The first-order valence-electron chi connectivity index (χ1n) is 6.89. The molecule has 0 bridgehead atoms. The van der Waals surface area contributed by atoms with Crippen molar-refractivity contribution < 1.29 is 9.53 Å². The van der Waals surface area contributed by atoms with Crippen LogP contribution in [0.15, 0.2) is 60.7 Å². The van der Waals surface area contributed by atoms with E-state index in [0.29, 0.717) is 13.0 Å². The topological polar surface area (TPSA) is 38.3 Å². The van der Waals surface area contributed by atoms with Crippen LogP contribution in [-0.4, -0.2) is 19.6 Å². The van der Waals surface area contributed by atoms with Gasteiger partial charge in [-0.1, -0.05) is 54.6 Å². The van der Waals surface area contributed by atoms with Gasteiger partial charge in [-0.25, -0.2) is 0 Å². The Balaban J connectivity index is 1.75. The maximum absolute atomic E-state index is 11.8. The summed E-state index contributed by atoms with van der Waals surface area (Å²) in [6.45, 7) is 0.532. The number of benzene rings is 2. The zero-order valence-electron chi connectivity index (χ0n) is 12.1. The van der Waals surface area contributed by atoms with E-state index in [1.54, 1.807) is 7.11 Å². The summed E-state index contributed by atoms with van der Waals surface area (Å²) in [5, 5.41) is 2.87. The molecule has 0 unspecified atom stereocenters. The summed E-state index contributed by atoms with van der Waals surface area (Å²) in [5.41, 5.74) is 2.10. The van der Waals surface area contributed by atoms with Gasteiger partial charge in [-0.2, -0.15) is 0 Å². The van der Waals surface area contributed by atoms with Crippen LogP contribution in [0.4, 0.5) is 0 Å². The highest BCUT2D eigenvalue weighted by atomic mass is 16.5. The van der Waals surface area contributed by atoms with Gasteiger partial charge in [0, 0.05) is 6.54 Å². The summed E-state index contributed by atoms with van der Waals surface area (Å²) in [6.07, 6.45) is 4.32. The van der Waals surface area contributed by atoms with Crippen molar-refractivity contribution >= 4 is 12.0 Å². The molecule has 2 rings (SSSR count). The molecule has 0 spiro atoms. The number of carbonyl (C=O) groups is 1. The predicted octanol–water partition coefficient (Wildman–Crippen LogP) is 3.07. The average molecular weight is 281 g/mol. The summed E-state index contributed by atoms with van der Waals surface area (Å²) in [6, 6.07) is 17.5. The molecule has 0 saturated heterocycles. The van der Waals surface area contributed by atoms with Gasteiger partial charge in [0.05, 0.1) is 13.5 Å². The zero-order valence-corrected chi connectivity index (χ0v) is 12.1. The molecule has 21 heavy (non-hydrogen) atoms. The van der Waals surface area contributed by atoms with Crippen LogP contribution in [0.25, 0.3) is 6.08 Å². The number of carbonyl (C=O) groups excluding carboxylic acids is 1. The number of hydrogen-bond donors (Lipinski definition) is 1. The fourth-order valence-corrected chi connectivity index (χ4v) is 1.92. The smallest absolute Gasteiger partial charge is 0.224 e. The fraction of sp³-hybridized carbons (Fsp3) is 0.167. The van der Waals surface area contributed by atoms with Crippen LogP contribution >= 0.6 is 0 Å². The van der Waals surface area contributed by atoms with Crippen LogP contribution < -0.4 is 10.1 Å². The molecule has 0 radical (unpaired) electrons. The fourth-order valence-electron chi connectivity index (χ4n) is 1.92. The van der Waals surface area contributed by atoms with Crippen molar-refractivity contribution in [3.8, 4) is 5.75 Å². The molecule has 0 aliphatic heterocycles. The summed E-state index contributed by atoms with van der Waals surface area (Å²) >= 11 is 0. The summed E-state index contributed by atoms with van der Waals surface area (Å²) in [4.78, 5) is 11.8. The van der Waals surface area contributed by atoms with Crippen LogP contribution in [0.1, 0.15) is 11.1 Å². The summed E-state index contributed by atoms with van der Waals surface area (Å²) in [5.74, 6) is 0.808. The molecule has 3 nitrogen and oxygen atoms in total. The van der Waals surface area contributed by atoms with Gasteiger partial charge in [0.1, 0.15) is 5.75 Å². The summed E-state index contributed by atoms with van der Waals surface area (Å²) in [7, 11) is 1.63. The third-order valence-electron chi connectivity index (χ3n) is 3.05. The van der Waals surface area contributed by atoms with Crippen molar-refractivity contribution in [2.24, 2.45) is 0 Å². The van der Waals surface area contributed by atoms with E-state index in [9.17, 15) is 4.79 Å². The van der Waals surface area contributed by atoms with Crippen LogP contribution in [0.5, 0.6) is 5.75 Å². The van der Waals surface area contributed by atoms with Gasteiger partial charge in [-0.3, -0.25) is 4.79 Å². The van der Waals surface area contributed by atoms with E-state index in [4.69, 9.17) is 4.74 Å². The maximum atomic E-state index is 11.8. The lowest BCUT2D eigenvalue weighted by molar-refractivity contribution is -0.120. The minimum absolute atomic E-state index is 0.0119. The highest BCUT2D eigenvalue weighted by Gasteiger charge is 2.02. The van der Waals surface area contributed by atoms with Crippen molar-refractivity contribution in [3.05, 3.63) is 71.8 Å². The molecule has 0 aromatic heterocycles. The quantitative estimate of drug-likeness (QED) is 0.883. The van der Waals surface area contributed by atoms with Gasteiger partial charge >= 0.3 is 0 Å². The van der Waals surface area contributed by atoms with E-state index in [2.05, 4.69) is 5.32 Å². The average Bonchev–Trinajstić information content (AvgIpc) is 2.53. The second kappa shape index (κ2) is 7.90. The molecular weight excluding hydrogens is 262 g/mol. The minimum Gasteiger partial charge on any atom is -0.497 e. The van der Waals surface area contributed by atoms with E-state index >= 15 is 0 Å². The van der Waals surface area contributed by atoms with Crippen molar-refractivity contribution in [1.82, 2.24) is 5.32 Å². The third kappa shape index (κ3) is 5.15. The second-order valence-electron chi connectivity index (χ2n) is 4.64. The van der Waals surface area contributed by atoms with Crippen molar-refractivity contribution in [3.63, 3.8) is 0 Å². The first-order valence-corrected chi connectivity index (χ1v) is 6.89. The van der Waals surface area contributed by atoms with Gasteiger partial charge in [-0.05, 0) is 23.3 Å². The highest BCUT2D eigenvalue weighted by Crippen LogP contribution is 2.11. The lowest BCUT2D eigenvalue weighted by atomic mass is 10.1. The Morgan fingerprint density at radius 3 is 2.48 bits per heavy atom. The van der Waals surface area contributed by atoms with E-state index in [0.717, 1.165) is 16.9 Å². The standard InChI is InChI=1S/C18H19NO2/c1-21-17-11-9-16(10-12-17)14-18(20)19-13-5-8-15-6-3-2-4-7-15/h2-12H,13-14H2,1H3,(H,19,20). The Labute approximate surface area is 125 Å². The molecule has 0 atom stereocenters. The zero-order chi connectivity index (χ0) is 14.9. The molecule has 0 heterocycles. The monoisotopic (exact) mass is 281 g/mol. The van der Waals surface area contributed by atoms with Gasteiger partial charge in [0.15, 0.2) is 0 Å². The highest BCUT2D eigenvalue weighted by molar-refractivity contribution is 5.78. The SMILES string of the molecule is COc1ccc(CC(=O)NCC=Cc2ccccc2)cc1. The lowest BCUT2D eigenvalue weighted by Crippen LogP contribution is -2.24. The number of ether oxygens (including phenoxy) is 1. The van der Waals surface area contributed by atoms with Crippen LogP contribution in [0, 0.1) is 0 Å². The first kappa shape index (κ1) is 14.9. The Bertz CT molecular complexity index is 588. The molecule has 108 valence electrons. The van der Waals surface area contributed by atoms with Crippen LogP contribution in [0.2, 0.25) is 0 Å². The van der Waals surface area contributed by atoms with E-state index in [1.807, 2.05) is 66.7 Å². The molecule has 0 aliphatic carbocycles. The molecule has 1 amide bonds.